The van der Waals surface area contributed by atoms with Gasteiger partial charge in [0.2, 0.25) is 5.91 Å². The third-order valence-corrected chi connectivity index (χ3v) is 4.27. The average molecular weight is 291 g/mol. The summed E-state index contributed by atoms with van der Waals surface area (Å²) in [7, 11) is 1.61. The van der Waals surface area contributed by atoms with E-state index in [0.717, 1.165) is 37.1 Å². The van der Waals surface area contributed by atoms with E-state index >= 15 is 0 Å². The van der Waals surface area contributed by atoms with Crippen LogP contribution in [0.3, 0.4) is 0 Å². The number of benzene rings is 1. The molecule has 0 unspecified atom stereocenters. The molecule has 0 atom stereocenters. The molecular weight excluding hydrogens is 270 g/mol. The van der Waals surface area contributed by atoms with Crippen LogP contribution < -0.4 is 10.1 Å². The van der Waals surface area contributed by atoms with Gasteiger partial charge in [-0.15, -0.1) is 0 Å². The van der Waals surface area contributed by atoms with Gasteiger partial charge in [0.05, 0.1) is 20.3 Å². The van der Waals surface area contributed by atoms with Gasteiger partial charge >= 0.3 is 0 Å². The van der Waals surface area contributed by atoms with E-state index in [0.29, 0.717) is 13.2 Å². The minimum Gasteiger partial charge on any atom is -0.497 e. The molecule has 21 heavy (non-hydrogen) atoms. The molecule has 0 aromatic heterocycles. The molecule has 2 aliphatic rings. The topological polar surface area (TPSA) is 56.8 Å². The summed E-state index contributed by atoms with van der Waals surface area (Å²) < 4.78 is 16.5. The Balaban J connectivity index is 1.56. The number of rotatable bonds is 3. The highest BCUT2D eigenvalue weighted by atomic mass is 16.7. The second-order valence-corrected chi connectivity index (χ2v) is 5.60. The normalized spacial score (nSPS) is 21.4. The SMILES string of the molecule is COc1cccc(NC(=O)C2CCC3(CC2)OCCO3)c1. The summed E-state index contributed by atoms with van der Waals surface area (Å²) in [5.74, 6) is 0.418. The summed E-state index contributed by atoms with van der Waals surface area (Å²) in [6, 6.07) is 7.42. The molecule has 1 heterocycles. The first-order chi connectivity index (χ1) is 10.2. The molecule has 1 spiro atoms. The maximum atomic E-state index is 12.3. The van der Waals surface area contributed by atoms with Crippen molar-refractivity contribution in [2.24, 2.45) is 5.92 Å². The molecule has 114 valence electrons. The molecule has 3 rings (SSSR count). The largest absolute Gasteiger partial charge is 0.497 e. The lowest BCUT2D eigenvalue weighted by Crippen LogP contribution is -2.38. The Morgan fingerprint density at radius 2 is 2.00 bits per heavy atom. The third kappa shape index (κ3) is 3.19. The van der Waals surface area contributed by atoms with Gasteiger partial charge in [0.25, 0.3) is 0 Å². The minimum absolute atomic E-state index is 0.0228. The molecule has 1 amide bonds. The molecule has 0 radical (unpaired) electrons. The number of methoxy groups -OCH3 is 1. The lowest BCUT2D eigenvalue weighted by atomic mass is 9.84. The van der Waals surface area contributed by atoms with Crippen molar-refractivity contribution in [2.75, 3.05) is 25.6 Å². The number of anilines is 1. The Bertz CT molecular complexity index is 501. The lowest BCUT2D eigenvalue weighted by Gasteiger charge is -2.34. The Morgan fingerprint density at radius 1 is 1.29 bits per heavy atom. The summed E-state index contributed by atoms with van der Waals surface area (Å²) >= 11 is 0. The number of hydrogen-bond donors (Lipinski definition) is 1. The second-order valence-electron chi connectivity index (χ2n) is 5.60. The highest BCUT2D eigenvalue weighted by Crippen LogP contribution is 2.38. The van der Waals surface area contributed by atoms with Crippen LogP contribution in [0.4, 0.5) is 5.69 Å². The fraction of sp³-hybridized carbons (Fsp3) is 0.562. The summed E-state index contributed by atoms with van der Waals surface area (Å²) in [6.45, 7) is 1.33. The molecule has 5 heteroatoms. The predicted molar refractivity (Wildman–Crippen MR) is 78.2 cm³/mol. The molecule has 1 saturated carbocycles. The zero-order chi connectivity index (χ0) is 14.7. The quantitative estimate of drug-likeness (QED) is 0.930. The van der Waals surface area contributed by atoms with Crippen molar-refractivity contribution < 1.29 is 19.0 Å². The van der Waals surface area contributed by atoms with Gasteiger partial charge in [0.1, 0.15) is 5.75 Å². The van der Waals surface area contributed by atoms with Crippen LogP contribution in [-0.4, -0.2) is 32.0 Å². The van der Waals surface area contributed by atoms with Crippen LogP contribution in [0.2, 0.25) is 0 Å². The van der Waals surface area contributed by atoms with Crippen LogP contribution >= 0.6 is 0 Å². The van der Waals surface area contributed by atoms with Crippen LogP contribution in [0.5, 0.6) is 5.75 Å². The second kappa shape index (κ2) is 6.03. The fourth-order valence-electron chi connectivity index (χ4n) is 3.05. The first kappa shape index (κ1) is 14.4. The number of carbonyl (C=O) groups is 1. The van der Waals surface area contributed by atoms with Crippen molar-refractivity contribution in [3.05, 3.63) is 24.3 Å². The van der Waals surface area contributed by atoms with Crippen molar-refractivity contribution in [3.8, 4) is 5.75 Å². The molecule has 1 aliphatic carbocycles. The summed E-state index contributed by atoms with van der Waals surface area (Å²) in [5.41, 5.74) is 0.771. The Hall–Kier alpha value is -1.59. The van der Waals surface area contributed by atoms with Gasteiger partial charge in [0.15, 0.2) is 5.79 Å². The van der Waals surface area contributed by atoms with Gasteiger partial charge in [-0.05, 0) is 25.0 Å². The highest BCUT2D eigenvalue weighted by Gasteiger charge is 2.41. The van der Waals surface area contributed by atoms with Gasteiger partial charge in [0, 0.05) is 30.5 Å². The van der Waals surface area contributed by atoms with E-state index in [2.05, 4.69) is 5.32 Å². The van der Waals surface area contributed by atoms with Gasteiger partial charge < -0.3 is 19.5 Å². The van der Waals surface area contributed by atoms with Crippen molar-refractivity contribution in [1.82, 2.24) is 0 Å². The molecule has 2 fully saturated rings. The van der Waals surface area contributed by atoms with E-state index in [-0.39, 0.29) is 11.8 Å². The predicted octanol–water partition coefficient (Wildman–Crippen LogP) is 2.57. The van der Waals surface area contributed by atoms with Gasteiger partial charge in [-0.1, -0.05) is 6.07 Å². The zero-order valence-electron chi connectivity index (χ0n) is 12.3. The molecule has 5 nitrogen and oxygen atoms in total. The first-order valence-corrected chi connectivity index (χ1v) is 7.44. The summed E-state index contributed by atoms with van der Waals surface area (Å²) in [6.07, 6.45) is 3.19. The van der Waals surface area contributed by atoms with Gasteiger partial charge in [-0.25, -0.2) is 0 Å². The van der Waals surface area contributed by atoms with E-state index in [1.807, 2.05) is 24.3 Å². The Kier molecular flexibility index (Phi) is 4.12. The molecule has 1 aromatic rings. The van der Waals surface area contributed by atoms with E-state index in [4.69, 9.17) is 14.2 Å². The van der Waals surface area contributed by atoms with Crippen molar-refractivity contribution >= 4 is 11.6 Å². The molecular formula is C16H21NO4. The zero-order valence-corrected chi connectivity index (χ0v) is 12.3. The van der Waals surface area contributed by atoms with Crippen molar-refractivity contribution in [3.63, 3.8) is 0 Å². The van der Waals surface area contributed by atoms with Gasteiger partial charge in [-0.2, -0.15) is 0 Å². The molecule has 1 N–H and O–H groups in total. The smallest absolute Gasteiger partial charge is 0.227 e. The standard InChI is InChI=1S/C16H21NO4/c1-19-14-4-2-3-13(11-14)17-15(18)12-5-7-16(8-6-12)20-9-10-21-16/h2-4,11-12H,5-10H2,1H3,(H,17,18). The number of ether oxygens (including phenoxy) is 3. The molecule has 1 saturated heterocycles. The van der Waals surface area contributed by atoms with E-state index in [1.54, 1.807) is 7.11 Å². The maximum absolute atomic E-state index is 12.3. The summed E-state index contributed by atoms with van der Waals surface area (Å²) in [4.78, 5) is 12.3. The molecule has 1 aliphatic heterocycles. The van der Waals surface area contributed by atoms with Crippen LogP contribution in [0.25, 0.3) is 0 Å². The first-order valence-electron chi connectivity index (χ1n) is 7.44. The van der Waals surface area contributed by atoms with Crippen LogP contribution in [-0.2, 0) is 14.3 Å². The van der Waals surface area contributed by atoms with E-state index < -0.39 is 5.79 Å². The molecule has 0 bridgehead atoms. The molecule has 1 aromatic carbocycles. The third-order valence-electron chi connectivity index (χ3n) is 4.27. The average Bonchev–Trinajstić information content (AvgIpc) is 2.96. The van der Waals surface area contributed by atoms with Crippen LogP contribution in [0.15, 0.2) is 24.3 Å². The Labute approximate surface area is 124 Å². The van der Waals surface area contributed by atoms with Gasteiger partial charge in [-0.3, -0.25) is 4.79 Å². The monoisotopic (exact) mass is 291 g/mol. The Morgan fingerprint density at radius 3 is 2.67 bits per heavy atom. The van der Waals surface area contributed by atoms with Crippen LogP contribution in [0.1, 0.15) is 25.7 Å². The van der Waals surface area contributed by atoms with Crippen LogP contribution in [0, 0.1) is 5.92 Å². The number of carbonyl (C=O) groups excluding carboxylic acids is 1. The minimum atomic E-state index is -0.410. The highest BCUT2D eigenvalue weighted by molar-refractivity contribution is 5.92. The van der Waals surface area contributed by atoms with E-state index in [1.165, 1.54) is 0 Å². The maximum Gasteiger partial charge on any atom is 0.227 e. The summed E-state index contributed by atoms with van der Waals surface area (Å²) in [5, 5.41) is 2.96. The van der Waals surface area contributed by atoms with E-state index in [9.17, 15) is 4.79 Å². The lowest BCUT2D eigenvalue weighted by molar-refractivity contribution is -0.182. The number of hydrogen-bond acceptors (Lipinski definition) is 4. The van der Waals surface area contributed by atoms with Crippen molar-refractivity contribution in [2.45, 2.75) is 31.5 Å². The fourth-order valence-corrected chi connectivity index (χ4v) is 3.05. The van der Waals surface area contributed by atoms with Crippen molar-refractivity contribution in [1.29, 1.82) is 0 Å². The number of amides is 1. The number of nitrogens with one attached hydrogen (secondary N) is 1.